The van der Waals surface area contributed by atoms with E-state index in [9.17, 15) is 14.4 Å². The highest BCUT2D eigenvalue weighted by Crippen LogP contribution is 2.29. The Morgan fingerprint density at radius 3 is 2.56 bits per heavy atom. The maximum atomic E-state index is 12.4. The van der Waals surface area contributed by atoms with E-state index in [2.05, 4.69) is 5.32 Å². The van der Waals surface area contributed by atoms with Gasteiger partial charge in [0.15, 0.2) is 6.61 Å². The number of hydrogen-bond donors (Lipinski definition) is 2. The Kier molecular flexibility index (Phi) is 6.32. The van der Waals surface area contributed by atoms with Crippen LogP contribution in [-0.4, -0.2) is 53.5 Å². The molecule has 1 saturated heterocycles. The van der Waals surface area contributed by atoms with E-state index in [4.69, 9.17) is 9.84 Å². The first kappa shape index (κ1) is 19.2. The van der Waals surface area contributed by atoms with Crippen LogP contribution in [0.4, 0.5) is 0 Å². The SMILES string of the molecule is O=C(O)COc1ccc(CCNC(=O)[C@H]2CC(=O)N(C3CCCC3)C2)cc1. The van der Waals surface area contributed by atoms with Gasteiger partial charge in [0.25, 0.3) is 0 Å². The molecule has 1 aromatic carbocycles. The Hall–Kier alpha value is -2.57. The van der Waals surface area contributed by atoms with Gasteiger partial charge in [0.05, 0.1) is 5.92 Å². The third-order valence-corrected chi connectivity index (χ3v) is 5.29. The smallest absolute Gasteiger partial charge is 0.341 e. The summed E-state index contributed by atoms with van der Waals surface area (Å²) in [4.78, 5) is 37.0. The first-order valence-corrected chi connectivity index (χ1v) is 9.53. The minimum absolute atomic E-state index is 0.0507. The summed E-state index contributed by atoms with van der Waals surface area (Å²) in [6, 6.07) is 7.47. The molecule has 1 atom stereocenters. The van der Waals surface area contributed by atoms with E-state index in [1.165, 1.54) is 12.8 Å². The monoisotopic (exact) mass is 374 g/mol. The van der Waals surface area contributed by atoms with Crippen molar-refractivity contribution in [3.8, 4) is 5.75 Å². The number of amides is 2. The van der Waals surface area contributed by atoms with E-state index < -0.39 is 5.97 Å². The minimum atomic E-state index is -1.02. The number of hydrogen-bond acceptors (Lipinski definition) is 4. The van der Waals surface area contributed by atoms with E-state index in [1.54, 1.807) is 12.1 Å². The summed E-state index contributed by atoms with van der Waals surface area (Å²) in [5, 5.41) is 11.5. The van der Waals surface area contributed by atoms with Crippen LogP contribution in [0.1, 0.15) is 37.7 Å². The maximum Gasteiger partial charge on any atom is 0.341 e. The first-order valence-electron chi connectivity index (χ1n) is 9.53. The summed E-state index contributed by atoms with van der Waals surface area (Å²) in [5.41, 5.74) is 1.02. The molecule has 0 spiro atoms. The molecule has 0 aromatic heterocycles. The molecule has 27 heavy (non-hydrogen) atoms. The topological polar surface area (TPSA) is 95.9 Å². The first-order chi connectivity index (χ1) is 13.0. The highest BCUT2D eigenvalue weighted by molar-refractivity contribution is 5.89. The number of nitrogens with zero attached hydrogens (tertiary/aromatic N) is 1. The van der Waals surface area contributed by atoms with Crippen LogP contribution in [0.25, 0.3) is 0 Å². The van der Waals surface area contributed by atoms with Crippen LogP contribution in [0.2, 0.25) is 0 Å². The lowest BCUT2D eigenvalue weighted by Gasteiger charge is -2.23. The third kappa shape index (κ3) is 5.21. The number of carbonyl (C=O) groups is 3. The Labute approximate surface area is 158 Å². The molecular formula is C20H26N2O5. The Balaban J connectivity index is 1.40. The molecule has 2 fully saturated rings. The Morgan fingerprint density at radius 2 is 1.89 bits per heavy atom. The number of rotatable bonds is 8. The molecule has 146 valence electrons. The van der Waals surface area contributed by atoms with Gasteiger partial charge in [-0.2, -0.15) is 0 Å². The van der Waals surface area contributed by atoms with Crippen LogP contribution in [-0.2, 0) is 20.8 Å². The van der Waals surface area contributed by atoms with Crippen molar-refractivity contribution in [2.45, 2.75) is 44.6 Å². The van der Waals surface area contributed by atoms with E-state index in [-0.39, 0.29) is 24.3 Å². The molecule has 1 saturated carbocycles. The number of aliphatic carboxylic acids is 1. The van der Waals surface area contributed by atoms with Crippen molar-refractivity contribution in [1.29, 1.82) is 0 Å². The zero-order valence-corrected chi connectivity index (χ0v) is 15.4. The molecule has 2 N–H and O–H groups in total. The maximum absolute atomic E-state index is 12.4. The largest absolute Gasteiger partial charge is 0.482 e. The van der Waals surface area contributed by atoms with Crippen LogP contribution in [0.5, 0.6) is 5.75 Å². The average Bonchev–Trinajstić information content (AvgIpc) is 3.30. The van der Waals surface area contributed by atoms with Gasteiger partial charge >= 0.3 is 5.97 Å². The molecule has 0 radical (unpaired) electrons. The van der Waals surface area contributed by atoms with Crippen molar-refractivity contribution in [2.75, 3.05) is 19.7 Å². The average molecular weight is 374 g/mol. The second-order valence-corrected chi connectivity index (χ2v) is 7.25. The molecule has 0 unspecified atom stereocenters. The molecular weight excluding hydrogens is 348 g/mol. The Bertz CT molecular complexity index is 682. The van der Waals surface area contributed by atoms with E-state index in [0.717, 1.165) is 18.4 Å². The van der Waals surface area contributed by atoms with Crippen molar-refractivity contribution in [2.24, 2.45) is 5.92 Å². The number of carbonyl (C=O) groups excluding carboxylic acids is 2. The molecule has 0 bridgehead atoms. The number of ether oxygens (including phenoxy) is 1. The number of nitrogens with one attached hydrogen (secondary N) is 1. The predicted molar refractivity (Wildman–Crippen MR) is 98.4 cm³/mol. The fourth-order valence-electron chi connectivity index (χ4n) is 3.85. The summed E-state index contributed by atoms with van der Waals surface area (Å²) in [6.07, 6.45) is 5.45. The Morgan fingerprint density at radius 1 is 1.19 bits per heavy atom. The molecule has 1 aliphatic carbocycles. The molecule has 1 heterocycles. The van der Waals surface area contributed by atoms with Crippen molar-refractivity contribution in [1.82, 2.24) is 10.2 Å². The van der Waals surface area contributed by atoms with E-state index in [0.29, 0.717) is 37.7 Å². The highest BCUT2D eigenvalue weighted by atomic mass is 16.5. The summed E-state index contributed by atoms with van der Waals surface area (Å²) >= 11 is 0. The van der Waals surface area contributed by atoms with Crippen molar-refractivity contribution in [3.05, 3.63) is 29.8 Å². The van der Waals surface area contributed by atoms with Crippen LogP contribution in [0.3, 0.4) is 0 Å². The summed E-state index contributed by atoms with van der Waals surface area (Å²) < 4.78 is 5.09. The second-order valence-electron chi connectivity index (χ2n) is 7.25. The second kappa shape index (κ2) is 8.88. The molecule has 7 nitrogen and oxygen atoms in total. The lowest BCUT2D eigenvalue weighted by atomic mass is 10.1. The van der Waals surface area contributed by atoms with Crippen LogP contribution >= 0.6 is 0 Å². The molecule has 1 aliphatic heterocycles. The number of carboxylic acid groups (broad SMARTS) is 1. The third-order valence-electron chi connectivity index (χ3n) is 5.29. The predicted octanol–water partition coefficient (Wildman–Crippen LogP) is 1.60. The molecule has 1 aromatic rings. The van der Waals surface area contributed by atoms with Crippen molar-refractivity contribution < 1.29 is 24.2 Å². The van der Waals surface area contributed by atoms with Gasteiger partial charge < -0.3 is 20.1 Å². The number of carboxylic acids is 1. The van der Waals surface area contributed by atoms with E-state index in [1.807, 2.05) is 17.0 Å². The standard InChI is InChI=1S/C20H26N2O5/c23-18-11-15(12-22(18)16-3-1-2-4-16)20(26)21-10-9-14-5-7-17(8-6-14)27-13-19(24)25/h5-8,15-16H,1-4,9-13H2,(H,21,26)(H,24,25)/t15-/m0/s1. The normalized spacial score (nSPS) is 20.1. The summed E-state index contributed by atoms with van der Waals surface area (Å²) in [6.45, 7) is 0.681. The number of likely N-dealkylation sites (tertiary alicyclic amines) is 1. The van der Waals surface area contributed by atoms with Gasteiger partial charge in [0.2, 0.25) is 11.8 Å². The lowest BCUT2D eigenvalue weighted by molar-refractivity contribution is -0.139. The highest BCUT2D eigenvalue weighted by Gasteiger charge is 2.38. The van der Waals surface area contributed by atoms with Crippen LogP contribution < -0.4 is 10.1 Å². The van der Waals surface area contributed by atoms with Gasteiger partial charge in [0, 0.05) is 25.6 Å². The van der Waals surface area contributed by atoms with Gasteiger partial charge in [-0.05, 0) is 37.0 Å². The number of benzene rings is 1. The van der Waals surface area contributed by atoms with Gasteiger partial charge in [-0.3, -0.25) is 9.59 Å². The van der Waals surface area contributed by atoms with Gasteiger partial charge in [-0.1, -0.05) is 25.0 Å². The summed E-state index contributed by atoms with van der Waals surface area (Å²) in [7, 11) is 0. The van der Waals surface area contributed by atoms with Crippen molar-refractivity contribution in [3.63, 3.8) is 0 Å². The van der Waals surface area contributed by atoms with Gasteiger partial charge in [-0.15, -0.1) is 0 Å². The molecule has 3 rings (SSSR count). The van der Waals surface area contributed by atoms with E-state index >= 15 is 0 Å². The molecule has 7 heteroatoms. The van der Waals surface area contributed by atoms with Gasteiger partial charge in [0.1, 0.15) is 5.75 Å². The summed E-state index contributed by atoms with van der Waals surface area (Å²) in [5.74, 6) is -0.700. The minimum Gasteiger partial charge on any atom is -0.482 e. The molecule has 2 amide bonds. The quantitative estimate of drug-likeness (QED) is 0.721. The zero-order chi connectivity index (χ0) is 19.2. The van der Waals surface area contributed by atoms with Crippen LogP contribution in [0.15, 0.2) is 24.3 Å². The van der Waals surface area contributed by atoms with Gasteiger partial charge in [-0.25, -0.2) is 4.79 Å². The van der Waals surface area contributed by atoms with Crippen molar-refractivity contribution >= 4 is 17.8 Å². The lowest BCUT2D eigenvalue weighted by Crippen LogP contribution is -2.37. The van der Waals surface area contributed by atoms with Crippen LogP contribution in [0, 0.1) is 5.92 Å². The zero-order valence-electron chi connectivity index (χ0n) is 15.4. The fourth-order valence-corrected chi connectivity index (χ4v) is 3.85. The molecule has 2 aliphatic rings. The fraction of sp³-hybridized carbons (Fsp3) is 0.550.